The van der Waals surface area contributed by atoms with E-state index in [4.69, 9.17) is 4.98 Å². The van der Waals surface area contributed by atoms with Crippen LogP contribution in [0.1, 0.15) is 59.8 Å². The fourth-order valence-corrected chi connectivity index (χ4v) is 5.54. The van der Waals surface area contributed by atoms with E-state index in [9.17, 15) is 9.59 Å². The van der Waals surface area contributed by atoms with E-state index < -0.39 is 6.04 Å². The minimum atomic E-state index is -0.639. The maximum atomic E-state index is 14.3. The number of carbonyl (C=O) groups excluding carboxylic acids is 1. The molecule has 0 saturated carbocycles. The average Bonchev–Trinajstić information content (AvgIpc) is 3.67. The predicted molar refractivity (Wildman–Crippen MR) is 177 cm³/mol. The van der Waals surface area contributed by atoms with Crippen molar-refractivity contribution in [3.63, 3.8) is 0 Å². The van der Waals surface area contributed by atoms with Crippen molar-refractivity contribution >= 4 is 22.5 Å². The average molecular weight is 614 g/mol. The van der Waals surface area contributed by atoms with Gasteiger partial charge in [-0.1, -0.05) is 50.0 Å². The summed E-state index contributed by atoms with van der Waals surface area (Å²) < 4.78 is 5.01. The normalized spacial score (nSPS) is 11.9. The summed E-state index contributed by atoms with van der Waals surface area (Å²) in [5.41, 5.74) is 3.54. The Hall–Kier alpha value is -5.60. The molecule has 6 aromatic rings. The lowest BCUT2D eigenvalue weighted by Gasteiger charge is -2.20. The predicted octanol–water partition coefficient (Wildman–Crippen LogP) is 4.17. The van der Waals surface area contributed by atoms with Gasteiger partial charge in [-0.15, -0.1) is 0 Å². The minimum absolute atomic E-state index is 0.277. The van der Waals surface area contributed by atoms with Crippen molar-refractivity contribution in [2.24, 2.45) is 0 Å². The number of aryl methyl sites for hydroxylation is 1. The Morgan fingerprint density at radius 3 is 2.63 bits per heavy atom. The maximum absolute atomic E-state index is 14.3. The summed E-state index contributed by atoms with van der Waals surface area (Å²) in [7, 11) is 0. The van der Waals surface area contributed by atoms with Gasteiger partial charge in [0.05, 0.1) is 46.6 Å². The van der Waals surface area contributed by atoms with Gasteiger partial charge in [0, 0.05) is 30.7 Å². The molecular formula is C35H35N9O2. The zero-order valence-corrected chi connectivity index (χ0v) is 26.3. The van der Waals surface area contributed by atoms with Crippen LogP contribution < -0.4 is 10.9 Å². The molecule has 1 unspecified atom stereocenters. The second-order valence-corrected chi connectivity index (χ2v) is 11.0. The molecule has 1 amide bonds. The minimum Gasteiger partial charge on any atom is -0.342 e. The van der Waals surface area contributed by atoms with E-state index in [-0.39, 0.29) is 11.5 Å². The van der Waals surface area contributed by atoms with Crippen molar-refractivity contribution in [1.29, 1.82) is 0 Å². The molecule has 0 aliphatic rings. The zero-order valence-electron chi connectivity index (χ0n) is 26.3. The lowest BCUT2D eigenvalue weighted by molar-refractivity contribution is 0.0938. The third-order valence-corrected chi connectivity index (χ3v) is 7.98. The Kier molecular flexibility index (Phi) is 8.72. The molecule has 0 fully saturated rings. The van der Waals surface area contributed by atoms with Crippen molar-refractivity contribution in [3.05, 3.63) is 118 Å². The number of hydrogen-bond acceptors (Lipinski definition) is 7. The molecular weight excluding hydrogens is 578 g/mol. The molecule has 2 aromatic carbocycles. The highest BCUT2D eigenvalue weighted by atomic mass is 16.2. The van der Waals surface area contributed by atoms with E-state index in [1.807, 2.05) is 53.3 Å². The number of likely N-dealkylation sites (N-methyl/N-ethyl adjacent to an activating group) is 1. The van der Waals surface area contributed by atoms with Crippen molar-refractivity contribution < 1.29 is 4.79 Å². The molecule has 0 saturated heterocycles. The van der Waals surface area contributed by atoms with Gasteiger partial charge in [0.25, 0.3) is 11.5 Å². The first-order chi connectivity index (χ1) is 22.4. The van der Waals surface area contributed by atoms with E-state index in [1.54, 1.807) is 53.7 Å². The number of nitrogens with one attached hydrogen (secondary N) is 1. The smallest absolute Gasteiger partial charge is 0.267 e. The first-order valence-corrected chi connectivity index (χ1v) is 15.4. The first kappa shape index (κ1) is 30.4. The van der Waals surface area contributed by atoms with E-state index in [0.717, 1.165) is 31.7 Å². The third kappa shape index (κ3) is 6.03. The first-order valence-electron chi connectivity index (χ1n) is 15.4. The van der Waals surface area contributed by atoms with Gasteiger partial charge in [-0.2, -0.15) is 10.2 Å². The van der Waals surface area contributed by atoms with Crippen LogP contribution in [0.25, 0.3) is 22.2 Å². The lowest BCUT2D eigenvalue weighted by Crippen LogP contribution is -2.33. The number of para-hydroxylation sites is 1. The highest BCUT2D eigenvalue weighted by Crippen LogP contribution is 2.21. The second-order valence-electron chi connectivity index (χ2n) is 11.0. The Bertz CT molecular complexity index is 2150. The Balaban J connectivity index is 1.37. The zero-order chi connectivity index (χ0) is 32.2. The summed E-state index contributed by atoms with van der Waals surface area (Å²) in [6.45, 7) is 11.5. The molecule has 0 radical (unpaired) electrons. The highest BCUT2D eigenvalue weighted by Gasteiger charge is 2.24. The van der Waals surface area contributed by atoms with Gasteiger partial charge in [0.15, 0.2) is 5.65 Å². The van der Waals surface area contributed by atoms with Crippen molar-refractivity contribution in [1.82, 2.24) is 44.1 Å². The van der Waals surface area contributed by atoms with E-state index >= 15 is 0 Å². The summed E-state index contributed by atoms with van der Waals surface area (Å²) in [6, 6.07) is 15.8. The van der Waals surface area contributed by atoms with Crippen LogP contribution in [-0.4, -0.2) is 64.4 Å². The van der Waals surface area contributed by atoms with Crippen LogP contribution in [-0.2, 0) is 6.54 Å². The van der Waals surface area contributed by atoms with Crippen molar-refractivity contribution in [3.8, 4) is 17.5 Å². The fourth-order valence-electron chi connectivity index (χ4n) is 5.54. The molecule has 1 N–H and O–H groups in total. The molecule has 0 aliphatic heterocycles. The van der Waals surface area contributed by atoms with Crippen molar-refractivity contribution in [2.45, 2.75) is 40.3 Å². The highest BCUT2D eigenvalue weighted by molar-refractivity contribution is 6.01. The Labute approximate surface area is 266 Å². The quantitative estimate of drug-likeness (QED) is 0.244. The monoisotopic (exact) mass is 613 g/mol. The summed E-state index contributed by atoms with van der Waals surface area (Å²) >= 11 is 0. The number of fused-ring (bicyclic) bond motifs is 2. The number of benzene rings is 2. The van der Waals surface area contributed by atoms with Gasteiger partial charge < -0.3 is 10.2 Å². The molecule has 11 nitrogen and oxygen atoms in total. The van der Waals surface area contributed by atoms with Gasteiger partial charge in [0.2, 0.25) is 0 Å². The van der Waals surface area contributed by atoms with Crippen molar-refractivity contribution in [2.75, 3.05) is 19.6 Å². The maximum Gasteiger partial charge on any atom is 0.267 e. The van der Waals surface area contributed by atoms with E-state index in [2.05, 4.69) is 51.1 Å². The molecule has 0 bridgehead atoms. The molecule has 0 spiro atoms. The van der Waals surface area contributed by atoms with Gasteiger partial charge >= 0.3 is 0 Å². The molecule has 232 valence electrons. The molecule has 4 heterocycles. The molecule has 6 rings (SSSR count). The Morgan fingerprint density at radius 2 is 1.85 bits per heavy atom. The number of hydrogen-bond donors (Lipinski definition) is 1. The summed E-state index contributed by atoms with van der Waals surface area (Å²) in [6.07, 6.45) is 7.03. The van der Waals surface area contributed by atoms with Crippen LogP contribution >= 0.6 is 0 Å². The van der Waals surface area contributed by atoms with Crippen LogP contribution in [0.5, 0.6) is 0 Å². The number of aromatic nitrogens is 7. The number of amides is 1. The van der Waals surface area contributed by atoms with Crippen LogP contribution in [0.4, 0.5) is 0 Å². The topological polar surface area (TPSA) is 115 Å². The summed E-state index contributed by atoms with van der Waals surface area (Å²) in [5, 5.41) is 12.3. The van der Waals surface area contributed by atoms with Crippen LogP contribution in [0, 0.1) is 18.8 Å². The summed E-state index contributed by atoms with van der Waals surface area (Å²) in [5.74, 6) is 6.41. The Morgan fingerprint density at radius 1 is 1.04 bits per heavy atom. The van der Waals surface area contributed by atoms with Crippen LogP contribution in [0.15, 0.2) is 84.2 Å². The van der Waals surface area contributed by atoms with Gasteiger partial charge in [-0.25, -0.2) is 14.5 Å². The molecule has 4 aromatic heterocycles. The van der Waals surface area contributed by atoms with Gasteiger partial charge in [-0.05, 0) is 57.3 Å². The molecule has 1 atom stereocenters. The van der Waals surface area contributed by atoms with Gasteiger partial charge in [0.1, 0.15) is 11.4 Å². The molecule has 11 heteroatoms. The van der Waals surface area contributed by atoms with Gasteiger partial charge in [-0.3, -0.25) is 18.8 Å². The fraction of sp³-hybridized carbons (Fsp3) is 0.257. The largest absolute Gasteiger partial charge is 0.342 e. The summed E-state index contributed by atoms with van der Waals surface area (Å²) in [4.78, 5) is 39.5. The number of carbonyl (C=O) groups is 1. The standard InChI is InChI=1S/C35H35N9O2/c1-5-41(6-2)20-21-42-23-26(22-37-42)16-17-27-12-10-15-29-31(27)35(46)44(28-13-8-7-9-14-28)32(39-29)25(4)38-34(45)30-24(3)40-43-19-11-18-36-33(30)43/h7-15,18-19,22-23,25H,5-6,20-21H2,1-4H3,(H,38,45). The second kappa shape index (κ2) is 13.2. The van der Waals surface area contributed by atoms with Crippen LogP contribution in [0.2, 0.25) is 0 Å². The lowest BCUT2D eigenvalue weighted by atomic mass is 10.1. The number of nitrogens with zero attached hydrogens (tertiary/aromatic N) is 8. The SMILES string of the molecule is CCN(CC)CCn1cc(C#Cc2cccc3nc(C(C)NC(=O)c4c(C)nn5cccnc45)n(-c4ccccc4)c(=O)c23)cn1. The molecule has 46 heavy (non-hydrogen) atoms. The van der Waals surface area contributed by atoms with Crippen LogP contribution in [0.3, 0.4) is 0 Å². The van der Waals surface area contributed by atoms with E-state index in [0.29, 0.717) is 44.9 Å². The van der Waals surface area contributed by atoms with E-state index in [1.165, 1.54) is 0 Å². The molecule has 0 aliphatic carbocycles. The number of rotatable bonds is 9. The third-order valence-electron chi connectivity index (χ3n) is 7.98.